The minimum absolute atomic E-state index is 0.220. The zero-order valence-electron chi connectivity index (χ0n) is 13.7. The Kier molecular flexibility index (Phi) is 5.31. The molecule has 3 heterocycles. The fourth-order valence-corrected chi connectivity index (χ4v) is 3.66. The number of nitrogens with zero attached hydrogens (tertiary/aromatic N) is 4. The van der Waals surface area contributed by atoms with Crippen LogP contribution in [-0.2, 0) is 16.1 Å². The van der Waals surface area contributed by atoms with Crippen LogP contribution < -0.4 is 0 Å². The van der Waals surface area contributed by atoms with Crippen molar-refractivity contribution in [3.05, 3.63) is 18.5 Å². The van der Waals surface area contributed by atoms with Gasteiger partial charge in [0.1, 0.15) is 0 Å². The Hall–Kier alpha value is -1.85. The molecule has 0 aliphatic carbocycles. The van der Waals surface area contributed by atoms with Crippen molar-refractivity contribution in [3.63, 3.8) is 0 Å². The summed E-state index contributed by atoms with van der Waals surface area (Å²) in [6.07, 6.45) is 10.1. The largest absolute Gasteiger partial charge is 0.343 e. The summed E-state index contributed by atoms with van der Waals surface area (Å²) in [5, 5.41) is 4.15. The van der Waals surface area contributed by atoms with Crippen LogP contribution in [0.4, 0.5) is 0 Å². The standard InChI is InChI=1S/C17H26N4O2/c22-16-6-3-10-19(16)13-7-15-5-1-2-12-21(15)17(23)8-14-20-11-4-9-18-20/h4,9,11,15H,1-3,5-8,10,12-14H2/t15-/m1/s1. The van der Waals surface area contributed by atoms with Crippen molar-refractivity contribution in [2.45, 2.75) is 57.5 Å². The lowest BCUT2D eigenvalue weighted by Crippen LogP contribution is -2.45. The van der Waals surface area contributed by atoms with Crippen molar-refractivity contribution in [2.24, 2.45) is 0 Å². The molecule has 2 amide bonds. The molecule has 0 spiro atoms. The van der Waals surface area contributed by atoms with Gasteiger partial charge in [-0.15, -0.1) is 0 Å². The average molecular weight is 318 g/mol. The van der Waals surface area contributed by atoms with Gasteiger partial charge in [0.15, 0.2) is 0 Å². The lowest BCUT2D eigenvalue weighted by Gasteiger charge is -2.36. The molecular weight excluding hydrogens is 292 g/mol. The molecule has 6 nitrogen and oxygen atoms in total. The topological polar surface area (TPSA) is 58.4 Å². The van der Waals surface area contributed by atoms with Crippen LogP contribution in [0.25, 0.3) is 0 Å². The molecule has 6 heteroatoms. The molecule has 0 aromatic carbocycles. The number of hydrogen-bond acceptors (Lipinski definition) is 3. The monoisotopic (exact) mass is 318 g/mol. The lowest BCUT2D eigenvalue weighted by atomic mass is 9.98. The van der Waals surface area contributed by atoms with E-state index in [1.807, 2.05) is 22.1 Å². The molecule has 126 valence electrons. The molecule has 0 bridgehead atoms. The van der Waals surface area contributed by atoms with Crippen LogP contribution in [0, 0.1) is 0 Å². The molecule has 23 heavy (non-hydrogen) atoms. The van der Waals surface area contributed by atoms with Gasteiger partial charge in [0.2, 0.25) is 11.8 Å². The van der Waals surface area contributed by atoms with E-state index < -0.39 is 0 Å². The second-order valence-corrected chi connectivity index (χ2v) is 6.53. The number of rotatable bonds is 6. The summed E-state index contributed by atoms with van der Waals surface area (Å²) < 4.78 is 1.81. The zero-order chi connectivity index (χ0) is 16.1. The van der Waals surface area contributed by atoms with E-state index in [-0.39, 0.29) is 11.8 Å². The molecule has 3 rings (SSSR count). The van der Waals surface area contributed by atoms with Gasteiger partial charge in [0.05, 0.1) is 0 Å². The van der Waals surface area contributed by atoms with E-state index in [1.165, 1.54) is 6.42 Å². The van der Waals surface area contributed by atoms with E-state index in [0.717, 1.165) is 45.3 Å². The summed E-state index contributed by atoms with van der Waals surface area (Å²) in [4.78, 5) is 28.3. The Bertz CT molecular complexity index is 529. The van der Waals surface area contributed by atoms with E-state index in [1.54, 1.807) is 10.9 Å². The van der Waals surface area contributed by atoms with Gasteiger partial charge in [-0.1, -0.05) is 0 Å². The Morgan fingerprint density at radius 3 is 2.87 bits per heavy atom. The Balaban J connectivity index is 1.50. The summed E-state index contributed by atoms with van der Waals surface area (Å²) >= 11 is 0. The van der Waals surface area contributed by atoms with Gasteiger partial charge in [-0.3, -0.25) is 14.3 Å². The maximum absolute atomic E-state index is 12.6. The van der Waals surface area contributed by atoms with Crippen LogP contribution in [0.5, 0.6) is 0 Å². The smallest absolute Gasteiger partial charge is 0.224 e. The third-order valence-corrected chi connectivity index (χ3v) is 4.97. The maximum Gasteiger partial charge on any atom is 0.224 e. The number of likely N-dealkylation sites (tertiary alicyclic amines) is 2. The normalized spacial score (nSPS) is 21.9. The number of hydrogen-bond donors (Lipinski definition) is 0. The summed E-state index contributed by atoms with van der Waals surface area (Å²) in [6.45, 7) is 3.18. The van der Waals surface area contributed by atoms with Crippen LogP contribution in [0.3, 0.4) is 0 Å². The third kappa shape index (κ3) is 4.12. The van der Waals surface area contributed by atoms with Crippen LogP contribution in [0.1, 0.15) is 44.9 Å². The fourth-order valence-electron chi connectivity index (χ4n) is 3.66. The van der Waals surface area contributed by atoms with E-state index in [9.17, 15) is 9.59 Å². The van der Waals surface area contributed by atoms with Crippen molar-refractivity contribution in [1.82, 2.24) is 19.6 Å². The van der Waals surface area contributed by atoms with E-state index >= 15 is 0 Å². The van der Waals surface area contributed by atoms with Gasteiger partial charge >= 0.3 is 0 Å². The summed E-state index contributed by atoms with van der Waals surface area (Å²) in [5.41, 5.74) is 0. The molecule has 2 aliphatic rings. The van der Waals surface area contributed by atoms with Gasteiger partial charge in [0.25, 0.3) is 0 Å². The third-order valence-electron chi connectivity index (χ3n) is 4.97. The number of aromatic nitrogens is 2. The minimum Gasteiger partial charge on any atom is -0.343 e. The van der Waals surface area contributed by atoms with Crippen LogP contribution in [0.15, 0.2) is 18.5 Å². The first kappa shape index (κ1) is 16.0. The molecule has 1 aromatic rings. The van der Waals surface area contributed by atoms with Crippen LogP contribution in [0.2, 0.25) is 0 Å². The number of carbonyl (C=O) groups is 2. The predicted octanol–water partition coefficient (Wildman–Crippen LogP) is 1.67. The molecule has 2 saturated heterocycles. The summed E-state index contributed by atoms with van der Waals surface area (Å²) in [5.74, 6) is 0.496. The van der Waals surface area contributed by atoms with E-state index in [2.05, 4.69) is 5.10 Å². The number of aryl methyl sites for hydroxylation is 1. The Morgan fingerprint density at radius 2 is 2.13 bits per heavy atom. The van der Waals surface area contributed by atoms with Crippen molar-refractivity contribution in [2.75, 3.05) is 19.6 Å². The first-order chi connectivity index (χ1) is 11.2. The molecule has 0 unspecified atom stereocenters. The summed E-state index contributed by atoms with van der Waals surface area (Å²) in [7, 11) is 0. The van der Waals surface area contributed by atoms with Crippen molar-refractivity contribution in [3.8, 4) is 0 Å². The van der Waals surface area contributed by atoms with Gasteiger partial charge in [0, 0.05) is 57.5 Å². The highest BCUT2D eigenvalue weighted by Crippen LogP contribution is 2.22. The van der Waals surface area contributed by atoms with Gasteiger partial charge in [-0.25, -0.2) is 0 Å². The zero-order valence-corrected chi connectivity index (χ0v) is 13.7. The first-order valence-corrected chi connectivity index (χ1v) is 8.79. The van der Waals surface area contributed by atoms with Gasteiger partial charge in [-0.2, -0.15) is 5.10 Å². The second-order valence-electron chi connectivity index (χ2n) is 6.53. The molecule has 0 N–H and O–H groups in total. The number of carbonyl (C=O) groups excluding carboxylic acids is 2. The fraction of sp³-hybridized carbons (Fsp3) is 0.706. The Labute approximate surface area is 137 Å². The highest BCUT2D eigenvalue weighted by atomic mass is 16.2. The second kappa shape index (κ2) is 7.62. The van der Waals surface area contributed by atoms with E-state index in [4.69, 9.17) is 0 Å². The van der Waals surface area contributed by atoms with E-state index in [0.29, 0.717) is 25.4 Å². The average Bonchev–Trinajstić information content (AvgIpc) is 3.22. The molecule has 0 saturated carbocycles. The van der Waals surface area contributed by atoms with Crippen molar-refractivity contribution in [1.29, 1.82) is 0 Å². The SMILES string of the molecule is O=C1CCCN1CC[C@H]1CCCCN1C(=O)CCn1cccn1. The molecule has 2 fully saturated rings. The molecule has 1 atom stereocenters. The van der Waals surface area contributed by atoms with Crippen molar-refractivity contribution < 1.29 is 9.59 Å². The maximum atomic E-state index is 12.6. The minimum atomic E-state index is 0.220. The number of piperidine rings is 1. The molecular formula is C17H26N4O2. The van der Waals surface area contributed by atoms with Crippen LogP contribution >= 0.6 is 0 Å². The van der Waals surface area contributed by atoms with Crippen LogP contribution in [-0.4, -0.2) is 57.1 Å². The molecule has 0 radical (unpaired) electrons. The van der Waals surface area contributed by atoms with Gasteiger partial charge in [-0.05, 0) is 38.2 Å². The Morgan fingerprint density at radius 1 is 1.22 bits per heavy atom. The number of amides is 2. The predicted molar refractivity (Wildman–Crippen MR) is 86.6 cm³/mol. The highest BCUT2D eigenvalue weighted by molar-refractivity contribution is 5.78. The molecule has 2 aliphatic heterocycles. The van der Waals surface area contributed by atoms with Gasteiger partial charge < -0.3 is 9.80 Å². The van der Waals surface area contributed by atoms with Crippen molar-refractivity contribution >= 4 is 11.8 Å². The summed E-state index contributed by atoms with van der Waals surface area (Å²) in [6, 6.07) is 2.17. The lowest BCUT2D eigenvalue weighted by molar-refractivity contribution is -0.135. The highest BCUT2D eigenvalue weighted by Gasteiger charge is 2.28. The quantitative estimate of drug-likeness (QED) is 0.801. The molecule has 1 aromatic heterocycles. The first-order valence-electron chi connectivity index (χ1n) is 8.79.